The van der Waals surface area contributed by atoms with Gasteiger partial charge < -0.3 is 14.4 Å². The van der Waals surface area contributed by atoms with Gasteiger partial charge in [-0.3, -0.25) is 9.69 Å². The van der Waals surface area contributed by atoms with E-state index in [1.54, 1.807) is 26.8 Å². The molecule has 1 heterocycles. The Labute approximate surface area is 164 Å². The van der Waals surface area contributed by atoms with E-state index in [-0.39, 0.29) is 31.3 Å². The molecule has 2 rings (SSSR count). The van der Waals surface area contributed by atoms with Crippen molar-refractivity contribution in [2.24, 2.45) is 0 Å². The molecule has 0 saturated heterocycles. The van der Waals surface area contributed by atoms with Crippen molar-refractivity contribution in [3.63, 3.8) is 0 Å². The molecule has 0 aliphatic carbocycles. The fourth-order valence-corrected chi connectivity index (χ4v) is 3.14. The highest BCUT2D eigenvalue weighted by molar-refractivity contribution is 6.30. The summed E-state index contributed by atoms with van der Waals surface area (Å²) in [6.07, 6.45) is 0.737. The van der Waals surface area contributed by atoms with Crippen LogP contribution in [0.3, 0.4) is 0 Å². The number of methoxy groups -OCH3 is 1. The maximum Gasteiger partial charge on any atom is 0.410 e. The van der Waals surface area contributed by atoms with Crippen molar-refractivity contribution in [3.05, 3.63) is 28.5 Å². The highest BCUT2D eigenvalue weighted by Gasteiger charge is 2.30. The molecule has 0 spiro atoms. The lowest BCUT2D eigenvalue weighted by Crippen LogP contribution is -2.47. The normalized spacial score (nSPS) is 13.9. The average molecular weight is 401 g/mol. The van der Waals surface area contributed by atoms with Gasteiger partial charge in [0.05, 0.1) is 12.3 Å². The summed E-state index contributed by atoms with van der Waals surface area (Å²) >= 11 is 5.93. The van der Waals surface area contributed by atoms with Gasteiger partial charge in [-0.25, -0.2) is 9.18 Å². The third-order valence-corrected chi connectivity index (χ3v) is 4.27. The molecule has 0 radical (unpaired) electrons. The molecule has 0 aromatic heterocycles. The molecule has 0 fully saturated rings. The Hall–Kier alpha value is -1.86. The van der Waals surface area contributed by atoms with Crippen molar-refractivity contribution < 1.29 is 23.5 Å². The zero-order chi connectivity index (χ0) is 20.2. The summed E-state index contributed by atoms with van der Waals surface area (Å²) in [7, 11) is 1.51. The number of anilines is 1. The maximum atomic E-state index is 14.5. The van der Waals surface area contributed by atoms with Crippen molar-refractivity contribution in [3.8, 4) is 0 Å². The summed E-state index contributed by atoms with van der Waals surface area (Å²) in [4.78, 5) is 28.0. The van der Waals surface area contributed by atoms with E-state index in [2.05, 4.69) is 0 Å². The minimum Gasteiger partial charge on any atom is -0.444 e. The van der Waals surface area contributed by atoms with Crippen LogP contribution < -0.4 is 4.90 Å². The molecule has 0 atom stereocenters. The molecule has 27 heavy (non-hydrogen) atoms. The Bertz CT molecular complexity index is 706. The van der Waals surface area contributed by atoms with Crippen LogP contribution in [0.5, 0.6) is 0 Å². The van der Waals surface area contributed by atoms with Gasteiger partial charge >= 0.3 is 6.09 Å². The predicted molar refractivity (Wildman–Crippen MR) is 102 cm³/mol. The molecule has 1 aliphatic heterocycles. The van der Waals surface area contributed by atoms with Crippen molar-refractivity contribution >= 4 is 29.3 Å². The molecule has 8 heteroatoms. The Kier molecular flexibility index (Phi) is 7.06. The molecule has 1 aromatic carbocycles. The zero-order valence-electron chi connectivity index (χ0n) is 16.2. The summed E-state index contributed by atoms with van der Waals surface area (Å²) < 4.78 is 24.8. The SMILES string of the molecule is COCCN(CC(=O)N1CCCc2cc(Cl)cc(F)c21)C(=O)OC(C)(C)C. The van der Waals surface area contributed by atoms with Gasteiger partial charge in [0.1, 0.15) is 18.0 Å². The van der Waals surface area contributed by atoms with Gasteiger partial charge in [0, 0.05) is 25.2 Å². The van der Waals surface area contributed by atoms with Gasteiger partial charge in [0.2, 0.25) is 5.91 Å². The largest absolute Gasteiger partial charge is 0.444 e. The van der Waals surface area contributed by atoms with Gasteiger partial charge in [0.15, 0.2) is 0 Å². The van der Waals surface area contributed by atoms with E-state index in [9.17, 15) is 14.0 Å². The molecule has 0 saturated carbocycles. The van der Waals surface area contributed by atoms with Gasteiger partial charge in [0.25, 0.3) is 0 Å². The molecule has 0 unspecified atom stereocenters. The highest BCUT2D eigenvalue weighted by Crippen LogP contribution is 2.33. The van der Waals surface area contributed by atoms with E-state index in [1.807, 2.05) is 0 Å². The summed E-state index contributed by atoms with van der Waals surface area (Å²) in [6, 6.07) is 2.87. The number of hydrogen-bond donors (Lipinski definition) is 0. The van der Waals surface area contributed by atoms with Crippen molar-refractivity contribution in [2.75, 3.05) is 38.3 Å². The molecule has 150 valence electrons. The lowest BCUT2D eigenvalue weighted by atomic mass is 10.0. The lowest BCUT2D eigenvalue weighted by Gasteiger charge is -2.32. The van der Waals surface area contributed by atoms with Crippen LogP contribution in [-0.2, 0) is 20.7 Å². The fraction of sp³-hybridized carbons (Fsp3) is 0.579. The van der Waals surface area contributed by atoms with Crippen molar-refractivity contribution in [1.29, 1.82) is 0 Å². The first-order valence-electron chi connectivity index (χ1n) is 8.87. The van der Waals surface area contributed by atoms with Crippen LogP contribution >= 0.6 is 11.6 Å². The van der Waals surface area contributed by atoms with Crippen LogP contribution in [-0.4, -0.2) is 55.9 Å². The van der Waals surface area contributed by atoms with E-state index >= 15 is 0 Å². The fourth-order valence-electron chi connectivity index (χ4n) is 2.91. The number of halogens is 2. The predicted octanol–water partition coefficient (Wildman–Crippen LogP) is 3.64. The molecule has 0 N–H and O–H groups in total. The van der Waals surface area contributed by atoms with Crippen molar-refractivity contribution in [1.82, 2.24) is 4.90 Å². The highest BCUT2D eigenvalue weighted by atomic mass is 35.5. The number of ether oxygens (including phenoxy) is 2. The number of rotatable bonds is 5. The second-order valence-electron chi connectivity index (χ2n) is 7.44. The molecule has 2 amide bonds. The van der Waals surface area contributed by atoms with Gasteiger partial charge in [-0.1, -0.05) is 11.6 Å². The third kappa shape index (κ3) is 5.81. The van der Waals surface area contributed by atoms with Crippen LogP contribution in [0.2, 0.25) is 5.02 Å². The number of hydrogen-bond acceptors (Lipinski definition) is 4. The van der Waals surface area contributed by atoms with E-state index < -0.39 is 17.5 Å². The maximum absolute atomic E-state index is 14.5. The summed E-state index contributed by atoms with van der Waals surface area (Å²) in [5.74, 6) is -0.912. The van der Waals surface area contributed by atoms with E-state index in [1.165, 1.54) is 23.0 Å². The molecule has 1 aromatic rings. The van der Waals surface area contributed by atoms with E-state index in [0.29, 0.717) is 30.0 Å². The van der Waals surface area contributed by atoms with E-state index in [4.69, 9.17) is 21.1 Å². The number of nitrogens with zero attached hydrogens (tertiary/aromatic N) is 2. The van der Waals surface area contributed by atoms with Crippen LogP contribution in [0.1, 0.15) is 32.8 Å². The lowest BCUT2D eigenvalue weighted by molar-refractivity contribution is -0.120. The Morgan fingerprint density at radius 2 is 2.04 bits per heavy atom. The first-order chi connectivity index (χ1) is 12.6. The van der Waals surface area contributed by atoms with Gasteiger partial charge in [-0.15, -0.1) is 0 Å². The Morgan fingerprint density at radius 3 is 2.67 bits per heavy atom. The minimum atomic E-state index is -0.688. The number of carbonyl (C=O) groups excluding carboxylic acids is 2. The van der Waals surface area contributed by atoms with Crippen LogP contribution in [0.15, 0.2) is 12.1 Å². The topological polar surface area (TPSA) is 59.1 Å². The summed E-state index contributed by atoms with van der Waals surface area (Å²) in [6.45, 7) is 5.87. The van der Waals surface area contributed by atoms with Crippen LogP contribution in [0.25, 0.3) is 0 Å². The zero-order valence-corrected chi connectivity index (χ0v) is 16.9. The number of fused-ring (bicyclic) bond motifs is 1. The second-order valence-corrected chi connectivity index (χ2v) is 7.88. The number of aryl methyl sites for hydroxylation is 1. The minimum absolute atomic E-state index is 0.195. The van der Waals surface area contributed by atoms with Crippen LogP contribution in [0, 0.1) is 5.82 Å². The van der Waals surface area contributed by atoms with Crippen LogP contribution in [0.4, 0.5) is 14.9 Å². The quantitative estimate of drug-likeness (QED) is 0.757. The van der Waals surface area contributed by atoms with Crippen molar-refractivity contribution in [2.45, 2.75) is 39.2 Å². The number of carbonyl (C=O) groups is 2. The molecule has 6 nitrogen and oxygen atoms in total. The average Bonchev–Trinajstić information content (AvgIpc) is 2.55. The molecular formula is C19H26ClFN2O4. The first-order valence-corrected chi connectivity index (χ1v) is 9.25. The van der Waals surface area contributed by atoms with Gasteiger partial charge in [-0.05, 0) is 51.3 Å². The summed E-state index contributed by atoms with van der Waals surface area (Å²) in [5, 5.41) is 0.302. The first kappa shape index (κ1) is 21.4. The molecule has 0 bridgehead atoms. The Morgan fingerprint density at radius 1 is 1.33 bits per heavy atom. The smallest absolute Gasteiger partial charge is 0.410 e. The third-order valence-electron chi connectivity index (χ3n) is 4.05. The number of amides is 2. The second kappa shape index (κ2) is 8.89. The summed E-state index contributed by atoms with van der Waals surface area (Å²) in [5.41, 5.74) is 0.248. The molecule has 1 aliphatic rings. The van der Waals surface area contributed by atoms with Gasteiger partial charge in [-0.2, -0.15) is 0 Å². The van der Waals surface area contributed by atoms with E-state index in [0.717, 1.165) is 0 Å². The standard InChI is InChI=1S/C19H26ClFN2O4/c1-19(2,3)27-18(25)22(8-9-26-4)12-16(24)23-7-5-6-13-10-14(20)11-15(21)17(13)23/h10-11H,5-9,12H2,1-4H3. The monoisotopic (exact) mass is 400 g/mol. The molecular weight excluding hydrogens is 375 g/mol. The Balaban J connectivity index is 2.20. The number of benzene rings is 1.